The molecule has 12 aromatic rings. The number of fused-ring (bicyclic) bond motifs is 3. The first-order valence-corrected chi connectivity index (χ1v) is 39.4. The fourth-order valence-corrected chi connectivity index (χ4v) is 15.7. The number of aromatic hydroxyl groups is 3. The third kappa shape index (κ3) is 21.0. The van der Waals surface area contributed by atoms with E-state index in [0.717, 1.165) is 58.8 Å². The predicted octanol–water partition coefficient (Wildman–Crippen LogP) is 18.1. The number of rotatable bonds is 25. The highest BCUT2D eigenvalue weighted by Gasteiger charge is 2.31. The number of carbonyl (C=O) groups is 3. The maximum absolute atomic E-state index is 13.2. The number of carboxylic acids is 3. The SMILES string of the molecule is CC(C)(C)Oc1ccc(Oc2ccc(S(=O)(=O)Nc3cc(SCC(=O)O)c(O)c4ccccc34)cc2)cc1.O=C(O)CSc1cc(NS(=O)(=O)c2ccc(Nc3ccccc3)cc2)c2ccccc2c1O.O=C(O)CSc1cc(NS(=O)(=O)c2ccc(Oc3cccc(C(F)(F)F)c3)cc2)c2ccccc2c1O. The van der Waals surface area contributed by atoms with E-state index in [0.29, 0.717) is 49.6 Å². The van der Waals surface area contributed by atoms with Crippen LogP contribution in [0.25, 0.3) is 32.3 Å². The van der Waals surface area contributed by atoms with Crippen molar-refractivity contribution in [3.8, 4) is 46.0 Å². The van der Waals surface area contributed by atoms with Crippen LogP contribution in [-0.2, 0) is 50.6 Å². The molecule has 12 rings (SSSR count). The Hall–Kier alpha value is -11.5. The van der Waals surface area contributed by atoms with Crippen molar-refractivity contribution < 1.29 is 97.7 Å². The van der Waals surface area contributed by atoms with Gasteiger partial charge in [0.05, 0.1) is 69.3 Å². The van der Waals surface area contributed by atoms with E-state index >= 15 is 0 Å². The van der Waals surface area contributed by atoms with Gasteiger partial charge in [0.25, 0.3) is 30.1 Å². The topological polar surface area (TPSA) is 351 Å². The molecule has 0 saturated carbocycles. The normalized spacial score (nSPS) is 11.6. The largest absolute Gasteiger partial charge is 0.506 e. The van der Waals surface area contributed by atoms with Crippen molar-refractivity contribution in [1.29, 1.82) is 0 Å². The molecule has 0 aliphatic carbocycles. The zero-order valence-corrected chi connectivity index (χ0v) is 61.8. The molecule has 0 amide bonds. The Kier molecular flexibility index (Phi) is 24.9. The summed E-state index contributed by atoms with van der Waals surface area (Å²) in [5.74, 6) is -2.66. The minimum absolute atomic E-state index is 0.00988. The van der Waals surface area contributed by atoms with Gasteiger partial charge in [-0.05, 0) is 166 Å². The highest BCUT2D eigenvalue weighted by Crippen LogP contribution is 2.44. The molecule has 0 atom stereocenters. The third-order valence-corrected chi connectivity index (χ3v) is 22.3. The Bertz CT molecular complexity index is 5650. The van der Waals surface area contributed by atoms with Gasteiger partial charge in [-0.3, -0.25) is 28.5 Å². The second-order valence-electron chi connectivity index (χ2n) is 24.2. The highest BCUT2D eigenvalue weighted by molar-refractivity contribution is 8.00. The Morgan fingerprint density at radius 2 is 0.676 bits per heavy atom. The first-order chi connectivity index (χ1) is 51.2. The molecule has 108 heavy (non-hydrogen) atoms. The Morgan fingerprint density at radius 1 is 0.370 bits per heavy atom. The van der Waals surface area contributed by atoms with Crippen LogP contribution in [0.2, 0.25) is 0 Å². The zero-order valence-electron chi connectivity index (χ0n) is 56.9. The summed E-state index contributed by atoms with van der Waals surface area (Å²) < 4.78 is 142. The van der Waals surface area contributed by atoms with Crippen LogP contribution in [0, 0.1) is 0 Å². The van der Waals surface area contributed by atoms with E-state index in [9.17, 15) is 68.1 Å². The number of nitrogens with one attached hydrogen (secondary N) is 4. The van der Waals surface area contributed by atoms with E-state index in [4.69, 9.17) is 29.5 Å². The van der Waals surface area contributed by atoms with Gasteiger partial charge in [0.1, 0.15) is 51.6 Å². The van der Waals surface area contributed by atoms with Gasteiger partial charge in [-0.2, -0.15) is 13.2 Å². The van der Waals surface area contributed by atoms with Gasteiger partial charge in [-0.25, -0.2) is 25.3 Å². The average Bonchev–Trinajstić information content (AvgIpc) is 0.785. The average molecular weight is 1580 g/mol. The maximum atomic E-state index is 13.2. The van der Waals surface area contributed by atoms with Gasteiger partial charge in [0.15, 0.2) is 0 Å². The number of benzene rings is 12. The van der Waals surface area contributed by atoms with Crippen molar-refractivity contribution in [2.45, 2.75) is 61.9 Å². The molecule has 0 radical (unpaired) electrons. The Labute approximate surface area is 630 Å². The number of ether oxygens (including phenoxy) is 3. The second kappa shape index (κ2) is 34.0. The number of hydrogen-bond acceptors (Lipinski definition) is 19. The maximum Gasteiger partial charge on any atom is 0.416 e. The number of phenolic OH excluding ortho intramolecular Hbond substituents is 3. The van der Waals surface area contributed by atoms with Crippen LogP contribution in [0.5, 0.6) is 46.0 Å². The molecule has 0 aromatic heterocycles. The molecule has 0 aliphatic rings. The van der Waals surface area contributed by atoms with Crippen LogP contribution in [0.15, 0.2) is 272 Å². The summed E-state index contributed by atoms with van der Waals surface area (Å²) in [6.45, 7) is 5.88. The Morgan fingerprint density at radius 3 is 1.02 bits per heavy atom. The van der Waals surface area contributed by atoms with Crippen LogP contribution >= 0.6 is 35.3 Å². The number of carboxylic acid groups (broad SMARTS) is 3. The molecule has 31 heteroatoms. The summed E-state index contributed by atoms with van der Waals surface area (Å²) in [5, 5.41) is 64.4. The van der Waals surface area contributed by atoms with Crippen molar-refractivity contribution in [3.05, 3.63) is 248 Å². The number of hydrogen-bond donors (Lipinski definition) is 10. The number of anilines is 5. The predicted molar refractivity (Wildman–Crippen MR) is 412 cm³/mol. The number of thioether (sulfide) groups is 3. The fraction of sp³-hybridized carbons (Fsp3) is 0.104. The van der Waals surface area contributed by atoms with Crippen molar-refractivity contribution in [2.24, 2.45) is 0 Å². The first-order valence-electron chi connectivity index (χ1n) is 32.0. The van der Waals surface area contributed by atoms with Gasteiger partial charge in [0, 0.05) is 43.7 Å². The minimum Gasteiger partial charge on any atom is -0.506 e. The molecule has 0 saturated heterocycles. The molecule has 0 spiro atoms. The fourth-order valence-electron chi connectivity index (χ4n) is 10.3. The summed E-state index contributed by atoms with van der Waals surface area (Å²) >= 11 is 2.66. The van der Waals surface area contributed by atoms with E-state index in [1.807, 2.05) is 51.1 Å². The highest BCUT2D eigenvalue weighted by atomic mass is 32.2. The molecule has 0 aliphatic heterocycles. The van der Waals surface area contributed by atoms with Crippen molar-refractivity contribution in [3.63, 3.8) is 0 Å². The standard InChI is InChI=1S/C28H27NO7S2.C25H18F3NO6S2.C24H20N2O5S2/c1-28(2,3)36-20-10-8-18(9-11-20)35-19-12-14-21(15-13-19)38(33,34)29-24-16-25(37-17-26(30)31)27(32)23-7-5-4-6-22(23)24;26-25(27,28)15-4-3-5-17(12-15)35-16-8-10-18(11-9-16)37(33,34)29-21-13-22(36-14-23(30)31)24(32)20-7-2-1-6-19(20)21;27-23(28)15-32-22-14-21(19-8-4-5-9-20(19)24(22)29)26-33(30,31)18-12-10-17(11-13-18)25-16-6-2-1-3-7-16/h4-16,29,32H,17H2,1-3H3,(H,30,31);1-13,29,32H,14H2,(H,30,31);1-14,25-26,29H,15H2,(H,27,28). The number of halogens is 3. The number of para-hydroxylation sites is 1. The summed E-state index contributed by atoms with van der Waals surface area (Å²) in [6.07, 6.45) is -4.53. The second-order valence-corrected chi connectivity index (χ2v) is 32.3. The number of aliphatic carboxylic acids is 3. The number of sulfonamides is 3. The number of phenols is 3. The van der Waals surface area contributed by atoms with Gasteiger partial charge < -0.3 is 50.2 Å². The van der Waals surface area contributed by atoms with Crippen LogP contribution in [0.4, 0.5) is 41.6 Å². The van der Waals surface area contributed by atoms with Crippen LogP contribution in [0.3, 0.4) is 0 Å². The van der Waals surface area contributed by atoms with E-state index < -0.39 is 59.7 Å². The van der Waals surface area contributed by atoms with Gasteiger partial charge >= 0.3 is 24.1 Å². The minimum atomic E-state index is -4.53. The van der Waals surface area contributed by atoms with E-state index in [1.54, 1.807) is 121 Å². The zero-order chi connectivity index (χ0) is 77.7. The van der Waals surface area contributed by atoms with Gasteiger partial charge in [-0.1, -0.05) is 97.1 Å². The molecule has 0 bridgehead atoms. The lowest BCUT2D eigenvalue weighted by Gasteiger charge is -2.21. The summed E-state index contributed by atoms with van der Waals surface area (Å²) in [4.78, 5) is 33.6. The molecule has 0 heterocycles. The molecule has 10 N–H and O–H groups in total. The smallest absolute Gasteiger partial charge is 0.416 e. The lowest BCUT2D eigenvalue weighted by molar-refractivity contribution is -0.138. The third-order valence-electron chi connectivity index (χ3n) is 15.1. The van der Waals surface area contributed by atoms with Crippen LogP contribution in [-0.4, -0.2) is 96.7 Å². The summed E-state index contributed by atoms with van der Waals surface area (Å²) in [5.41, 5.74) is 1.03. The molecule has 22 nitrogen and oxygen atoms in total. The molecule has 12 aromatic carbocycles. The van der Waals surface area contributed by atoms with Crippen LogP contribution < -0.4 is 33.7 Å². The van der Waals surface area contributed by atoms with E-state index in [1.165, 1.54) is 78.9 Å². The van der Waals surface area contributed by atoms with Gasteiger partial charge in [0.2, 0.25) is 0 Å². The lowest BCUT2D eigenvalue weighted by atomic mass is 10.1. The van der Waals surface area contributed by atoms with Crippen LogP contribution in [0.1, 0.15) is 26.3 Å². The van der Waals surface area contributed by atoms with Crippen molar-refractivity contribution in [1.82, 2.24) is 0 Å². The summed E-state index contributed by atoms with van der Waals surface area (Å²) in [7, 11) is -12.1. The molecule has 558 valence electrons. The van der Waals surface area contributed by atoms with Crippen molar-refractivity contribution >= 4 is 144 Å². The molecule has 0 unspecified atom stereocenters. The number of alkyl halides is 3. The molecular weight excluding hydrogens is 1520 g/mol. The van der Waals surface area contributed by atoms with E-state index in [-0.39, 0.29) is 98.0 Å². The van der Waals surface area contributed by atoms with E-state index in [2.05, 4.69) is 19.5 Å². The first kappa shape index (κ1) is 79.1. The quantitative estimate of drug-likeness (QED) is 0.0188. The van der Waals surface area contributed by atoms with Crippen molar-refractivity contribution in [2.75, 3.05) is 36.7 Å². The van der Waals surface area contributed by atoms with Gasteiger partial charge in [-0.15, -0.1) is 35.3 Å². The monoisotopic (exact) mass is 1580 g/mol. The molecule has 0 fully saturated rings. The molecular formula is C77H65F3N4O18S6. The lowest BCUT2D eigenvalue weighted by Crippen LogP contribution is -2.22. The Balaban J connectivity index is 0.000000173. The summed E-state index contributed by atoms with van der Waals surface area (Å²) in [6, 6.07) is 62.5.